The Kier molecular flexibility index (Phi) is 6.23. The molecule has 2 aromatic carbocycles. The Morgan fingerprint density at radius 1 is 0.969 bits per heavy atom. The number of esters is 1. The molecule has 4 nitrogen and oxygen atoms in total. The van der Waals surface area contributed by atoms with Crippen LogP contribution in [0.2, 0.25) is 0 Å². The molecule has 5 rings (SSSR count). The van der Waals surface area contributed by atoms with Gasteiger partial charge in [0.05, 0.1) is 12.2 Å². The number of hydrogen-bond acceptors (Lipinski definition) is 4. The van der Waals surface area contributed by atoms with Crippen LogP contribution in [0.15, 0.2) is 48.5 Å². The van der Waals surface area contributed by atoms with Crippen molar-refractivity contribution >= 4 is 5.97 Å². The monoisotopic (exact) mass is 433 g/mol. The second kappa shape index (κ2) is 9.27. The molecule has 32 heavy (non-hydrogen) atoms. The molecule has 2 fully saturated rings. The first kappa shape index (κ1) is 21.5. The predicted molar refractivity (Wildman–Crippen MR) is 126 cm³/mol. The smallest absolute Gasteiger partial charge is 0.339 e. The molecule has 4 heteroatoms. The predicted octanol–water partition coefficient (Wildman–Crippen LogP) is 5.73. The van der Waals surface area contributed by atoms with Gasteiger partial charge in [-0.1, -0.05) is 48.7 Å². The molecule has 0 aromatic heterocycles. The lowest BCUT2D eigenvalue weighted by molar-refractivity contribution is -0.0957. The summed E-state index contributed by atoms with van der Waals surface area (Å²) in [6.45, 7) is 6.05. The summed E-state index contributed by atoms with van der Waals surface area (Å²) in [5.41, 5.74) is 2.83. The van der Waals surface area contributed by atoms with Crippen molar-refractivity contribution in [2.24, 2.45) is 11.8 Å². The maximum atomic E-state index is 12.8. The number of nitrogens with zero attached hydrogens (tertiary/aromatic N) is 1. The summed E-state index contributed by atoms with van der Waals surface area (Å²) in [7, 11) is 0. The molecule has 1 saturated heterocycles. The number of rotatable bonds is 7. The highest BCUT2D eigenvalue weighted by molar-refractivity contribution is 5.94. The largest absolute Gasteiger partial charge is 0.494 e. The first-order chi connectivity index (χ1) is 15.7. The van der Waals surface area contributed by atoms with Gasteiger partial charge in [0.15, 0.2) is 0 Å². The topological polar surface area (TPSA) is 38.8 Å². The van der Waals surface area contributed by atoms with E-state index in [-0.39, 0.29) is 5.97 Å². The number of ether oxygens (including phenoxy) is 2. The van der Waals surface area contributed by atoms with E-state index in [1.165, 1.54) is 36.8 Å². The van der Waals surface area contributed by atoms with E-state index in [0.717, 1.165) is 56.8 Å². The Morgan fingerprint density at radius 3 is 2.41 bits per heavy atom. The third kappa shape index (κ3) is 4.05. The van der Waals surface area contributed by atoms with Crippen molar-refractivity contribution in [1.29, 1.82) is 0 Å². The van der Waals surface area contributed by atoms with Gasteiger partial charge in [-0.05, 0) is 70.3 Å². The maximum absolute atomic E-state index is 12.8. The van der Waals surface area contributed by atoms with E-state index in [2.05, 4.69) is 36.1 Å². The molecule has 1 aliphatic carbocycles. The summed E-state index contributed by atoms with van der Waals surface area (Å²) in [6, 6.07) is 16.4. The Labute approximate surface area is 191 Å². The second-order valence-electron chi connectivity index (χ2n) is 9.84. The zero-order valence-electron chi connectivity index (χ0n) is 19.2. The number of aryl methyl sites for hydroxylation is 1. The van der Waals surface area contributed by atoms with Crippen molar-refractivity contribution < 1.29 is 14.3 Å². The molecule has 0 radical (unpaired) electrons. The van der Waals surface area contributed by atoms with Crippen LogP contribution < -0.4 is 4.74 Å². The van der Waals surface area contributed by atoms with Crippen LogP contribution in [0.5, 0.6) is 5.75 Å². The van der Waals surface area contributed by atoms with Gasteiger partial charge in [-0.3, -0.25) is 0 Å². The summed E-state index contributed by atoms with van der Waals surface area (Å²) in [6.07, 6.45) is 8.09. The number of piperidine rings is 1. The van der Waals surface area contributed by atoms with Crippen molar-refractivity contribution in [2.45, 2.75) is 57.5 Å². The third-order valence-corrected chi connectivity index (χ3v) is 7.89. The number of likely N-dealkylation sites (tertiary alicyclic amines) is 1. The number of fused-ring (bicyclic) bond motifs is 1. The fourth-order valence-electron chi connectivity index (χ4n) is 6.26. The number of hydrogen-bond donors (Lipinski definition) is 0. The molecule has 1 saturated carbocycles. The fraction of sp³-hybridized carbons (Fsp3) is 0.536. The minimum atomic E-state index is -0.398. The first-order valence-electron chi connectivity index (χ1n) is 12.4. The van der Waals surface area contributed by atoms with Crippen LogP contribution in [0.1, 0.15) is 66.4 Å². The number of carbonyl (C=O) groups excluding carboxylic acids is 1. The first-order valence-corrected chi connectivity index (χ1v) is 12.4. The lowest BCUT2D eigenvalue weighted by Crippen LogP contribution is -2.47. The van der Waals surface area contributed by atoms with Crippen molar-refractivity contribution in [3.63, 3.8) is 0 Å². The fourth-order valence-corrected chi connectivity index (χ4v) is 6.26. The van der Waals surface area contributed by atoms with Gasteiger partial charge in [-0.2, -0.15) is 0 Å². The third-order valence-electron chi connectivity index (χ3n) is 7.89. The van der Waals surface area contributed by atoms with Crippen LogP contribution in [0, 0.1) is 18.8 Å². The van der Waals surface area contributed by atoms with Gasteiger partial charge < -0.3 is 14.4 Å². The highest BCUT2D eigenvalue weighted by atomic mass is 16.6. The van der Waals surface area contributed by atoms with Crippen molar-refractivity contribution in [2.75, 3.05) is 26.2 Å². The number of cyclic esters (lactones) is 1. The van der Waals surface area contributed by atoms with E-state index < -0.39 is 5.60 Å². The molecule has 0 bridgehead atoms. The average molecular weight is 434 g/mol. The lowest BCUT2D eigenvalue weighted by Gasteiger charge is -2.45. The summed E-state index contributed by atoms with van der Waals surface area (Å²) in [5, 5.41) is 0. The Bertz CT molecular complexity index is 926. The highest BCUT2D eigenvalue weighted by Crippen LogP contribution is 2.54. The summed E-state index contributed by atoms with van der Waals surface area (Å²) < 4.78 is 12.3. The van der Waals surface area contributed by atoms with Crippen LogP contribution >= 0.6 is 0 Å². The zero-order valence-corrected chi connectivity index (χ0v) is 19.2. The molecule has 170 valence electrons. The molecule has 1 unspecified atom stereocenters. The summed E-state index contributed by atoms with van der Waals surface area (Å²) >= 11 is 0. The second-order valence-corrected chi connectivity index (χ2v) is 9.84. The highest BCUT2D eigenvalue weighted by Gasteiger charge is 2.56. The molecule has 2 aliphatic heterocycles. The van der Waals surface area contributed by atoms with E-state index in [4.69, 9.17) is 9.47 Å². The molecule has 0 N–H and O–H groups in total. The minimum Gasteiger partial charge on any atom is -0.494 e. The van der Waals surface area contributed by atoms with Gasteiger partial charge in [0.1, 0.15) is 11.4 Å². The van der Waals surface area contributed by atoms with Crippen LogP contribution in [-0.4, -0.2) is 37.1 Å². The number of carbonyl (C=O) groups is 1. The molecule has 0 amide bonds. The normalized spacial score (nSPS) is 24.5. The Morgan fingerprint density at radius 2 is 1.66 bits per heavy atom. The van der Waals surface area contributed by atoms with E-state index in [0.29, 0.717) is 11.8 Å². The molecule has 2 heterocycles. The van der Waals surface area contributed by atoms with Gasteiger partial charge in [-0.15, -0.1) is 0 Å². The molecular formula is C28H35NO3. The number of benzene rings is 2. The van der Waals surface area contributed by atoms with Crippen molar-refractivity contribution in [1.82, 2.24) is 4.90 Å². The standard InChI is InChI=1S/C28H35NO3/c1-21-11-13-24(14-12-21)31-20-6-17-29-18-15-23(16-19-29)28(22-7-2-3-8-22)26-10-5-4-9-25(26)27(30)32-28/h4-5,9-14,22-23H,2-3,6-8,15-20H2,1H3. The maximum Gasteiger partial charge on any atom is 0.339 e. The van der Waals surface area contributed by atoms with E-state index in [9.17, 15) is 4.79 Å². The SMILES string of the molecule is Cc1ccc(OCCCN2CCC(C3(C4CCCC4)OC(=O)c4ccccc43)CC2)cc1. The van der Waals surface area contributed by atoms with Gasteiger partial charge in [-0.25, -0.2) is 4.79 Å². The quantitative estimate of drug-likeness (QED) is 0.413. The van der Waals surface area contributed by atoms with Crippen LogP contribution in [0.4, 0.5) is 0 Å². The molecule has 0 spiro atoms. The molecule has 2 aromatic rings. The minimum absolute atomic E-state index is 0.108. The summed E-state index contributed by atoms with van der Waals surface area (Å²) in [5.74, 6) is 1.73. The van der Waals surface area contributed by atoms with Crippen LogP contribution in [-0.2, 0) is 10.3 Å². The van der Waals surface area contributed by atoms with E-state index in [1.54, 1.807) is 0 Å². The van der Waals surface area contributed by atoms with Crippen molar-refractivity contribution in [3.8, 4) is 5.75 Å². The van der Waals surface area contributed by atoms with Crippen LogP contribution in [0.25, 0.3) is 0 Å². The van der Waals surface area contributed by atoms with E-state index >= 15 is 0 Å². The van der Waals surface area contributed by atoms with Gasteiger partial charge in [0.2, 0.25) is 0 Å². The van der Waals surface area contributed by atoms with Crippen LogP contribution in [0.3, 0.4) is 0 Å². The van der Waals surface area contributed by atoms with Gasteiger partial charge >= 0.3 is 5.97 Å². The summed E-state index contributed by atoms with van der Waals surface area (Å²) in [4.78, 5) is 15.4. The lowest BCUT2D eigenvalue weighted by atomic mass is 9.68. The molecular weight excluding hydrogens is 398 g/mol. The zero-order chi connectivity index (χ0) is 22.0. The molecule has 3 aliphatic rings. The average Bonchev–Trinajstić information content (AvgIpc) is 3.46. The van der Waals surface area contributed by atoms with Gasteiger partial charge in [0.25, 0.3) is 0 Å². The van der Waals surface area contributed by atoms with Gasteiger partial charge in [0, 0.05) is 23.9 Å². The Balaban J connectivity index is 1.20. The van der Waals surface area contributed by atoms with Crippen molar-refractivity contribution in [3.05, 3.63) is 65.2 Å². The Hall–Kier alpha value is -2.33. The molecule has 1 atom stereocenters. The van der Waals surface area contributed by atoms with E-state index in [1.807, 2.05) is 24.3 Å².